The van der Waals surface area contributed by atoms with Gasteiger partial charge in [0.1, 0.15) is 0 Å². The van der Waals surface area contributed by atoms with E-state index >= 15 is 0 Å². The normalized spacial score (nSPS) is 28.6. The lowest BCUT2D eigenvalue weighted by Crippen LogP contribution is -2.46. The van der Waals surface area contributed by atoms with Gasteiger partial charge in [0.05, 0.1) is 0 Å². The van der Waals surface area contributed by atoms with Crippen molar-refractivity contribution in [2.24, 2.45) is 16.7 Å². The van der Waals surface area contributed by atoms with Gasteiger partial charge in [-0.25, -0.2) is 0 Å². The maximum absolute atomic E-state index is 5.37. The molecule has 0 spiro atoms. The Morgan fingerprint density at radius 3 is 2.00 bits per heavy atom. The highest BCUT2D eigenvalue weighted by Gasteiger charge is 2.38. The first-order valence-corrected chi connectivity index (χ1v) is 8.32. The molecule has 120 valence electrons. The van der Waals surface area contributed by atoms with Gasteiger partial charge in [0.15, 0.2) is 0 Å². The number of hydrogen-bond acceptors (Lipinski definition) is 2. The van der Waals surface area contributed by atoms with E-state index in [1.54, 1.807) is 0 Å². The number of nitrogens with one attached hydrogen (secondary N) is 1. The van der Waals surface area contributed by atoms with Crippen LogP contribution in [0, 0.1) is 16.7 Å². The lowest BCUT2D eigenvalue weighted by atomic mass is 9.63. The highest BCUT2D eigenvalue weighted by Crippen LogP contribution is 2.46. The zero-order valence-electron chi connectivity index (χ0n) is 14.9. The van der Waals surface area contributed by atoms with E-state index in [-0.39, 0.29) is 5.54 Å². The minimum Gasteiger partial charge on any atom is -0.385 e. The van der Waals surface area contributed by atoms with E-state index in [9.17, 15) is 0 Å². The van der Waals surface area contributed by atoms with Gasteiger partial charge in [-0.3, -0.25) is 0 Å². The van der Waals surface area contributed by atoms with Crippen molar-refractivity contribution in [1.29, 1.82) is 0 Å². The van der Waals surface area contributed by atoms with Gasteiger partial charge >= 0.3 is 0 Å². The molecule has 1 saturated carbocycles. The maximum Gasteiger partial charge on any atom is 0.0468 e. The SMILES string of the molecule is COCCC1(CNC(C)(C)C)CCC(C(C)(C)C)CC1. The average molecular weight is 284 g/mol. The van der Waals surface area contributed by atoms with Crippen LogP contribution >= 0.6 is 0 Å². The van der Waals surface area contributed by atoms with Crippen molar-refractivity contribution < 1.29 is 4.74 Å². The summed E-state index contributed by atoms with van der Waals surface area (Å²) < 4.78 is 5.37. The highest BCUT2D eigenvalue weighted by molar-refractivity contribution is 4.91. The molecule has 2 nitrogen and oxygen atoms in total. The molecule has 1 rings (SSSR count). The van der Waals surface area contributed by atoms with E-state index in [4.69, 9.17) is 4.74 Å². The van der Waals surface area contributed by atoms with Crippen LogP contribution in [0.4, 0.5) is 0 Å². The van der Waals surface area contributed by atoms with E-state index in [1.165, 1.54) is 32.1 Å². The first-order chi connectivity index (χ1) is 9.08. The summed E-state index contributed by atoms with van der Waals surface area (Å²) >= 11 is 0. The molecule has 20 heavy (non-hydrogen) atoms. The molecule has 0 heterocycles. The molecule has 0 amide bonds. The maximum atomic E-state index is 5.37. The van der Waals surface area contributed by atoms with Crippen LogP contribution in [-0.2, 0) is 4.74 Å². The Morgan fingerprint density at radius 1 is 1.05 bits per heavy atom. The van der Waals surface area contributed by atoms with Crippen LogP contribution in [0.1, 0.15) is 73.6 Å². The lowest BCUT2D eigenvalue weighted by molar-refractivity contribution is 0.0508. The number of ether oxygens (including phenoxy) is 1. The van der Waals surface area contributed by atoms with E-state index in [2.05, 4.69) is 46.9 Å². The van der Waals surface area contributed by atoms with Gasteiger partial charge in [0.25, 0.3) is 0 Å². The zero-order valence-corrected chi connectivity index (χ0v) is 14.9. The van der Waals surface area contributed by atoms with E-state index < -0.39 is 0 Å². The topological polar surface area (TPSA) is 21.3 Å². The summed E-state index contributed by atoms with van der Waals surface area (Å²) in [6.07, 6.45) is 6.64. The van der Waals surface area contributed by atoms with E-state index in [1.807, 2.05) is 7.11 Å². The minimum absolute atomic E-state index is 0.209. The van der Waals surface area contributed by atoms with Crippen LogP contribution in [0.25, 0.3) is 0 Å². The second-order valence-corrected chi connectivity index (χ2v) is 8.99. The van der Waals surface area contributed by atoms with Gasteiger partial charge in [-0.05, 0) is 69.6 Å². The van der Waals surface area contributed by atoms with Crippen LogP contribution in [0.2, 0.25) is 0 Å². The highest BCUT2D eigenvalue weighted by atomic mass is 16.5. The van der Waals surface area contributed by atoms with Gasteiger partial charge in [-0.1, -0.05) is 20.8 Å². The Labute approximate surface area is 127 Å². The molecule has 0 aliphatic heterocycles. The standard InChI is InChI=1S/C18H37NO/c1-16(2,3)15-8-10-18(11-9-15,12-13-20-7)14-19-17(4,5)6/h15,19H,8-14H2,1-7H3. The molecule has 1 aliphatic rings. The molecule has 1 aliphatic carbocycles. The average Bonchev–Trinajstić information content (AvgIpc) is 2.33. The largest absolute Gasteiger partial charge is 0.385 e. The van der Waals surface area contributed by atoms with Crippen LogP contribution in [0.15, 0.2) is 0 Å². The summed E-state index contributed by atoms with van der Waals surface area (Å²) in [6, 6.07) is 0. The molecule has 1 fully saturated rings. The first kappa shape index (κ1) is 18.0. The zero-order chi connectivity index (χ0) is 15.4. The van der Waals surface area contributed by atoms with Crippen molar-refractivity contribution in [3.05, 3.63) is 0 Å². The van der Waals surface area contributed by atoms with Crippen molar-refractivity contribution in [2.45, 2.75) is 79.2 Å². The Balaban J connectivity index is 2.63. The number of hydrogen-bond donors (Lipinski definition) is 1. The second kappa shape index (κ2) is 6.79. The van der Waals surface area contributed by atoms with Crippen molar-refractivity contribution in [3.8, 4) is 0 Å². The van der Waals surface area contributed by atoms with Crippen LogP contribution in [0.5, 0.6) is 0 Å². The minimum atomic E-state index is 0.209. The molecule has 0 atom stereocenters. The molecule has 0 radical (unpaired) electrons. The third kappa shape index (κ3) is 5.73. The fourth-order valence-corrected chi connectivity index (χ4v) is 3.38. The second-order valence-electron chi connectivity index (χ2n) is 8.99. The van der Waals surface area contributed by atoms with Gasteiger partial charge in [-0.2, -0.15) is 0 Å². The lowest BCUT2D eigenvalue weighted by Gasteiger charge is -2.45. The predicted molar refractivity (Wildman–Crippen MR) is 88.1 cm³/mol. The summed E-state index contributed by atoms with van der Waals surface area (Å²) in [7, 11) is 1.83. The van der Waals surface area contributed by atoms with Crippen molar-refractivity contribution in [1.82, 2.24) is 5.32 Å². The summed E-state index contributed by atoms with van der Waals surface area (Å²) in [4.78, 5) is 0. The summed E-state index contributed by atoms with van der Waals surface area (Å²) in [5, 5.41) is 3.74. The number of rotatable bonds is 5. The molecular weight excluding hydrogens is 246 g/mol. The van der Waals surface area contributed by atoms with Crippen molar-refractivity contribution in [2.75, 3.05) is 20.3 Å². The predicted octanol–water partition coefficient (Wildman–Crippen LogP) is 4.63. The molecule has 0 saturated heterocycles. The van der Waals surface area contributed by atoms with Crippen molar-refractivity contribution in [3.63, 3.8) is 0 Å². The smallest absolute Gasteiger partial charge is 0.0468 e. The van der Waals surface area contributed by atoms with Crippen molar-refractivity contribution >= 4 is 0 Å². The fourth-order valence-electron chi connectivity index (χ4n) is 3.38. The third-order valence-corrected chi connectivity index (χ3v) is 5.10. The molecule has 0 aromatic rings. The molecule has 2 heteroatoms. The molecule has 0 bridgehead atoms. The van der Waals surface area contributed by atoms with Gasteiger partial charge in [0.2, 0.25) is 0 Å². The van der Waals surface area contributed by atoms with Crippen LogP contribution < -0.4 is 5.32 Å². The first-order valence-electron chi connectivity index (χ1n) is 8.32. The molecule has 0 aromatic carbocycles. The Bertz CT molecular complexity index is 277. The summed E-state index contributed by atoms with van der Waals surface area (Å²) in [6.45, 7) is 16.0. The quantitative estimate of drug-likeness (QED) is 0.794. The van der Waals surface area contributed by atoms with E-state index in [0.29, 0.717) is 10.8 Å². The Kier molecular flexibility index (Phi) is 6.10. The number of methoxy groups -OCH3 is 1. The van der Waals surface area contributed by atoms with E-state index in [0.717, 1.165) is 19.1 Å². The molecule has 0 unspecified atom stereocenters. The van der Waals surface area contributed by atoms with Gasteiger partial charge in [0, 0.05) is 25.8 Å². The Hall–Kier alpha value is -0.0800. The molecule has 1 N–H and O–H groups in total. The fraction of sp³-hybridized carbons (Fsp3) is 1.00. The Morgan fingerprint density at radius 2 is 1.60 bits per heavy atom. The third-order valence-electron chi connectivity index (χ3n) is 5.10. The molecule has 0 aromatic heterocycles. The van der Waals surface area contributed by atoms with Gasteiger partial charge in [-0.15, -0.1) is 0 Å². The van der Waals surface area contributed by atoms with Crippen LogP contribution in [-0.4, -0.2) is 25.8 Å². The monoisotopic (exact) mass is 283 g/mol. The summed E-state index contributed by atoms with van der Waals surface area (Å²) in [5.41, 5.74) is 1.12. The molecular formula is C18H37NO. The van der Waals surface area contributed by atoms with Crippen LogP contribution in [0.3, 0.4) is 0 Å². The summed E-state index contributed by atoms with van der Waals surface area (Å²) in [5.74, 6) is 0.882. The van der Waals surface area contributed by atoms with Gasteiger partial charge < -0.3 is 10.1 Å².